The van der Waals surface area contributed by atoms with Crippen LogP contribution in [0.5, 0.6) is 0 Å². The van der Waals surface area contributed by atoms with Gasteiger partial charge < -0.3 is 4.57 Å². The van der Waals surface area contributed by atoms with Crippen LogP contribution in [0.4, 0.5) is 13.2 Å². The summed E-state index contributed by atoms with van der Waals surface area (Å²) >= 11 is 1.21. The average molecular weight is 412 g/mol. The Labute approximate surface area is 155 Å². The number of thiophene rings is 1. The number of nitrogens with zero attached hydrogens (tertiary/aromatic N) is 4. The first-order valence-electron chi connectivity index (χ1n) is 7.56. The van der Waals surface area contributed by atoms with Gasteiger partial charge in [-0.05, 0) is 6.07 Å². The van der Waals surface area contributed by atoms with Gasteiger partial charge in [0.25, 0.3) is 0 Å². The predicted octanol–water partition coefficient (Wildman–Crippen LogP) is 3.67. The summed E-state index contributed by atoms with van der Waals surface area (Å²) in [7, 11) is -2.05. The topological polar surface area (TPSA) is 77.7 Å². The third-order valence-corrected chi connectivity index (χ3v) is 6.49. The van der Waals surface area contributed by atoms with Gasteiger partial charge in [0.1, 0.15) is 5.52 Å². The number of sulfone groups is 1. The highest BCUT2D eigenvalue weighted by molar-refractivity contribution is 7.91. The minimum absolute atomic E-state index is 0.00766. The number of alkyl halides is 3. The fourth-order valence-electron chi connectivity index (χ4n) is 2.86. The molecule has 0 radical (unpaired) electrons. The number of rotatable bonds is 2. The molecule has 0 unspecified atom stereocenters. The van der Waals surface area contributed by atoms with E-state index in [-0.39, 0.29) is 21.9 Å². The zero-order valence-electron chi connectivity index (χ0n) is 13.9. The lowest BCUT2D eigenvalue weighted by atomic mass is 10.2. The van der Waals surface area contributed by atoms with Crippen LogP contribution in [0.2, 0.25) is 0 Å². The van der Waals surface area contributed by atoms with E-state index in [1.165, 1.54) is 15.9 Å². The number of aryl methyl sites for hydroxylation is 1. The molecular weight excluding hydrogens is 401 g/mol. The van der Waals surface area contributed by atoms with E-state index in [0.717, 1.165) is 17.0 Å². The number of fused-ring (bicyclic) bond motifs is 2. The molecule has 0 N–H and O–H groups in total. The Bertz CT molecular complexity index is 1310. The summed E-state index contributed by atoms with van der Waals surface area (Å²) in [5, 5.41) is 7.38. The Morgan fingerprint density at radius 2 is 1.85 bits per heavy atom. The van der Waals surface area contributed by atoms with Crippen LogP contribution in [0.15, 0.2) is 35.2 Å². The first-order chi connectivity index (χ1) is 12.6. The molecule has 140 valence electrons. The Morgan fingerprint density at radius 1 is 1.15 bits per heavy atom. The summed E-state index contributed by atoms with van der Waals surface area (Å²) in [6.45, 7) is 0. The van der Waals surface area contributed by atoms with Crippen LogP contribution in [-0.2, 0) is 23.1 Å². The molecule has 11 heteroatoms. The maximum absolute atomic E-state index is 12.9. The van der Waals surface area contributed by atoms with E-state index in [4.69, 9.17) is 0 Å². The summed E-state index contributed by atoms with van der Waals surface area (Å²) in [5.74, 6) is 0.222. The normalized spacial score (nSPS) is 12.9. The van der Waals surface area contributed by atoms with Crippen molar-refractivity contribution in [1.82, 2.24) is 19.7 Å². The van der Waals surface area contributed by atoms with Crippen LogP contribution >= 0.6 is 11.3 Å². The van der Waals surface area contributed by atoms with Gasteiger partial charge in [-0.1, -0.05) is 18.2 Å². The van der Waals surface area contributed by atoms with Crippen LogP contribution < -0.4 is 0 Å². The van der Waals surface area contributed by atoms with Gasteiger partial charge in [-0.15, -0.1) is 21.5 Å². The molecule has 4 aromatic rings. The van der Waals surface area contributed by atoms with Crippen molar-refractivity contribution in [2.75, 3.05) is 6.26 Å². The molecule has 0 fully saturated rings. The summed E-state index contributed by atoms with van der Waals surface area (Å²) in [5.41, 5.74) is -1.03. The predicted molar refractivity (Wildman–Crippen MR) is 95.2 cm³/mol. The second-order valence-corrected chi connectivity index (χ2v) is 8.96. The van der Waals surface area contributed by atoms with Crippen molar-refractivity contribution in [1.29, 1.82) is 0 Å². The van der Waals surface area contributed by atoms with Gasteiger partial charge in [0.2, 0.25) is 0 Å². The van der Waals surface area contributed by atoms with E-state index < -0.39 is 21.7 Å². The van der Waals surface area contributed by atoms with E-state index in [1.54, 1.807) is 31.3 Å². The molecule has 0 spiro atoms. The average Bonchev–Trinajstić information content (AvgIpc) is 3.11. The van der Waals surface area contributed by atoms with Crippen LogP contribution in [-0.4, -0.2) is 34.4 Å². The monoisotopic (exact) mass is 412 g/mol. The third-order valence-electron chi connectivity index (χ3n) is 4.03. The number of halogens is 3. The van der Waals surface area contributed by atoms with Crippen molar-refractivity contribution in [2.24, 2.45) is 7.05 Å². The highest BCUT2D eigenvalue weighted by Gasteiger charge is 2.34. The fraction of sp³-hybridized carbons (Fsp3) is 0.188. The molecule has 3 aromatic heterocycles. The van der Waals surface area contributed by atoms with Crippen LogP contribution in [0.25, 0.3) is 32.0 Å². The maximum Gasteiger partial charge on any atom is 0.435 e. The number of benzene rings is 1. The van der Waals surface area contributed by atoms with Gasteiger partial charge in [-0.2, -0.15) is 13.2 Å². The summed E-state index contributed by atoms with van der Waals surface area (Å²) < 4.78 is 65.7. The molecule has 0 saturated carbocycles. The van der Waals surface area contributed by atoms with Gasteiger partial charge >= 0.3 is 6.18 Å². The van der Waals surface area contributed by atoms with E-state index in [2.05, 4.69) is 15.2 Å². The molecule has 3 heterocycles. The van der Waals surface area contributed by atoms with Crippen molar-refractivity contribution in [3.63, 3.8) is 0 Å². The third kappa shape index (κ3) is 2.86. The first kappa shape index (κ1) is 17.9. The molecule has 0 amide bonds. The Hall–Kier alpha value is -2.53. The smallest absolute Gasteiger partial charge is 0.310 e. The number of aromatic nitrogens is 4. The Balaban J connectivity index is 2.05. The first-order valence-corrected chi connectivity index (χ1v) is 10.3. The molecular formula is C16H11F3N4O2S2. The summed E-state index contributed by atoms with van der Waals surface area (Å²) in [6.07, 6.45) is -3.55. The van der Waals surface area contributed by atoms with Gasteiger partial charge in [0, 0.05) is 29.5 Å². The van der Waals surface area contributed by atoms with Crippen LogP contribution in [0.1, 0.15) is 5.69 Å². The molecule has 0 aliphatic heterocycles. The number of hydrogen-bond donors (Lipinski definition) is 0. The fourth-order valence-corrected chi connectivity index (χ4v) is 5.64. The van der Waals surface area contributed by atoms with E-state index >= 15 is 0 Å². The van der Waals surface area contributed by atoms with Crippen LogP contribution in [0.3, 0.4) is 0 Å². The van der Waals surface area contributed by atoms with E-state index in [1.807, 2.05) is 0 Å². The lowest BCUT2D eigenvalue weighted by Gasteiger charge is -2.04. The lowest BCUT2D eigenvalue weighted by molar-refractivity contribution is -0.141. The Kier molecular flexibility index (Phi) is 3.79. The largest absolute Gasteiger partial charge is 0.435 e. The SMILES string of the molecule is Cn1c(-c2sc3ccccc3c2S(C)(=O)=O)nc2cc(C(F)(F)F)nnc21. The molecule has 0 atom stereocenters. The van der Waals surface area contributed by atoms with Crippen molar-refractivity contribution in [2.45, 2.75) is 11.1 Å². The Morgan fingerprint density at radius 3 is 2.52 bits per heavy atom. The van der Waals surface area contributed by atoms with E-state index in [9.17, 15) is 21.6 Å². The van der Waals surface area contributed by atoms with Gasteiger partial charge in [0.05, 0.1) is 9.77 Å². The molecule has 27 heavy (non-hydrogen) atoms. The zero-order chi connectivity index (χ0) is 19.6. The van der Waals surface area contributed by atoms with Gasteiger partial charge in [0.15, 0.2) is 27.0 Å². The number of hydrogen-bond acceptors (Lipinski definition) is 6. The minimum Gasteiger partial charge on any atom is -0.310 e. The molecule has 0 saturated heterocycles. The zero-order valence-corrected chi connectivity index (χ0v) is 15.6. The van der Waals surface area contributed by atoms with Crippen molar-refractivity contribution in [3.8, 4) is 10.7 Å². The van der Waals surface area contributed by atoms with Gasteiger partial charge in [-0.25, -0.2) is 13.4 Å². The molecule has 0 bridgehead atoms. The molecule has 0 aliphatic carbocycles. The second-order valence-electron chi connectivity index (χ2n) is 5.96. The van der Waals surface area contributed by atoms with Crippen molar-refractivity contribution < 1.29 is 21.6 Å². The molecule has 1 aromatic carbocycles. The molecule has 4 rings (SSSR count). The van der Waals surface area contributed by atoms with Crippen LogP contribution in [0, 0.1) is 0 Å². The minimum atomic E-state index is -4.64. The quantitative estimate of drug-likeness (QED) is 0.502. The van der Waals surface area contributed by atoms with E-state index in [0.29, 0.717) is 10.3 Å². The number of imidazole rings is 1. The summed E-state index contributed by atoms with van der Waals surface area (Å²) in [4.78, 5) is 4.69. The molecule has 6 nitrogen and oxygen atoms in total. The van der Waals surface area contributed by atoms with Gasteiger partial charge in [-0.3, -0.25) is 0 Å². The summed E-state index contributed by atoms with van der Waals surface area (Å²) in [6, 6.07) is 7.78. The highest BCUT2D eigenvalue weighted by Crippen LogP contribution is 2.41. The highest BCUT2D eigenvalue weighted by atomic mass is 32.2. The lowest BCUT2D eigenvalue weighted by Crippen LogP contribution is -2.09. The molecule has 0 aliphatic rings. The second kappa shape index (κ2) is 5.73. The maximum atomic E-state index is 12.9. The van der Waals surface area contributed by atoms with Crippen molar-refractivity contribution >= 4 is 42.4 Å². The standard InChI is InChI=1S/C16H11F3N4O2S2/c1-23-14-9(7-11(21-22-14)16(17,18)19)20-15(23)12-13(27(2,24)25)8-5-3-4-6-10(8)26-12/h3-7H,1-2H3. The van der Waals surface area contributed by atoms with Crippen molar-refractivity contribution in [3.05, 3.63) is 36.0 Å².